The average Bonchev–Trinajstić information content (AvgIpc) is 3.42. The number of carbonyl (C=O) groups excluding carboxylic acids is 1. The number of ketones is 1. The van der Waals surface area contributed by atoms with E-state index in [2.05, 4.69) is 6.92 Å². The third-order valence-corrected chi connectivity index (χ3v) is 10.4. The van der Waals surface area contributed by atoms with E-state index < -0.39 is 46.1 Å². The van der Waals surface area contributed by atoms with Gasteiger partial charge in [-0.3, -0.25) is 4.79 Å². The van der Waals surface area contributed by atoms with E-state index in [9.17, 15) is 9.90 Å². The summed E-state index contributed by atoms with van der Waals surface area (Å²) >= 11 is 0. The third-order valence-electron chi connectivity index (χ3n) is 10.4. The summed E-state index contributed by atoms with van der Waals surface area (Å²) in [5.74, 6) is -2.27. The van der Waals surface area contributed by atoms with Crippen molar-refractivity contribution in [1.82, 2.24) is 0 Å². The molecular weight excluding hydrogens is 422 g/mol. The molecule has 4 aliphatic carbocycles. The predicted molar refractivity (Wildman–Crippen MR) is 108 cm³/mol. The van der Waals surface area contributed by atoms with E-state index in [1.165, 1.54) is 6.08 Å². The number of aliphatic hydroxyl groups excluding tert-OH is 1. The second-order valence-corrected chi connectivity index (χ2v) is 11.4. The number of alkyl halides is 2. The largest absolute Gasteiger partial charge is 0.390 e. The van der Waals surface area contributed by atoms with Crippen LogP contribution < -0.4 is 0 Å². The lowest BCUT2D eigenvalue weighted by Gasteiger charge is -2.64. The number of aliphatic hydroxyl groups is 1. The van der Waals surface area contributed by atoms with Crippen LogP contribution in [0.5, 0.6) is 0 Å². The van der Waals surface area contributed by atoms with Crippen LogP contribution in [0.4, 0.5) is 8.78 Å². The number of halogens is 2. The maximum absolute atomic E-state index is 17.3. The first kappa shape index (κ1) is 21.6. The summed E-state index contributed by atoms with van der Waals surface area (Å²) in [5, 5.41) is 11.5. The van der Waals surface area contributed by atoms with E-state index in [0.717, 1.165) is 0 Å². The molecule has 178 valence electrons. The van der Waals surface area contributed by atoms with Crippen molar-refractivity contribution in [1.29, 1.82) is 0 Å². The van der Waals surface area contributed by atoms with Gasteiger partial charge in [-0.05, 0) is 49.2 Å². The summed E-state index contributed by atoms with van der Waals surface area (Å²) in [7, 11) is 0. The number of fused-ring (bicyclic) bond motifs is 7. The molecule has 3 saturated carbocycles. The van der Waals surface area contributed by atoms with E-state index in [-0.39, 0.29) is 69.1 Å². The number of carbonyl (C=O) groups is 1. The van der Waals surface area contributed by atoms with Gasteiger partial charge in [0.25, 0.3) is 0 Å². The van der Waals surface area contributed by atoms with Crippen LogP contribution in [0.3, 0.4) is 0 Å². The van der Waals surface area contributed by atoms with Crippen molar-refractivity contribution < 1.29 is 37.6 Å². The molecule has 0 aromatic heterocycles. The normalized spacial score (nSPS) is 59.2. The Balaban J connectivity index is 1.49. The third kappa shape index (κ3) is 2.11. The van der Waals surface area contributed by atoms with Gasteiger partial charge >= 0.3 is 0 Å². The van der Waals surface area contributed by atoms with Crippen LogP contribution >= 0.6 is 0 Å². The molecular formula is C24H32F2O6. The fraction of sp³-hybridized carbons (Fsp3) is 0.875. The summed E-state index contributed by atoms with van der Waals surface area (Å²) in [6.07, 6.45) is -0.313. The first-order chi connectivity index (χ1) is 15.1. The fourth-order valence-electron chi connectivity index (χ4n) is 9.09. The molecule has 8 heteroatoms. The maximum Gasteiger partial charge on any atom is 0.227 e. The standard InChI is InChI=1S/C24H32F2O6/c1-13-6-15-16-8-18(25)17-7-14(27)4-5-20(17,2)23(16,26)19(28)9-21(15,3)24(13)22(31-12-32-24)10-29-11-30-22/h7,13,15-16,18-19,28H,4-6,8-12H2,1-3H3/t13-,15-,16-,18-,19-,20-,21-,22?,23-,24+/m0/s1. The van der Waals surface area contributed by atoms with Crippen LogP contribution in [0.2, 0.25) is 0 Å². The molecule has 6 nitrogen and oxygen atoms in total. The quantitative estimate of drug-likeness (QED) is 0.606. The number of hydrogen-bond acceptors (Lipinski definition) is 6. The van der Waals surface area contributed by atoms with Gasteiger partial charge in [-0.25, -0.2) is 8.78 Å². The Kier molecular flexibility index (Phi) is 4.31. The summed E-state index contributed by atoms with van der Waals surface area (Å²) in [5.41, 5.74) is -4.62. The molecule has 0 radical (unpaired) electrons. The van der Waals surface area contributed by atoms with Crippen molar-refractivity contribution in [3.05, 3.63) is 11.6 Å². The molecule has 2 spiro atoms. The Hall–Kier alpha value is -0.930. The molecule has 6 rings (SSSR count). The van der Waals surface area contributed by atoms with Crippen molar-refractivity contribution in [2.75, 3.05) is 20.2 Å². The first-order valence-corrected chi connectivity index (χ1v) is 11.8. The van der Waals surface area contributed by atoms with Crippen molar-refractivity contribution in [2.24, 2.45) is 28.6 Å². The molecule has 10 atom stereocenters. The molecule has 1 unspecified atom stereocenters. The molecule has 0 bridgehead atoms. The molecule has 32 heavy (non-hydrogen) atoms. The fourth-order valence-corrected chi connectivity index (χ4v) is 9.09. The minimum Gasteiger partial charge on any atom is -0.390 e. The Morgan fingerprint density at radius 2 is 1.88 bits per heavy atom. The summed E-state index contributed by atoms with van der Waals surface area (Å²) in [6, 6.07) is 0. The number of allylic oxidation sites excluding steroid dienone is 1. The molecule has 0 aromatic rings. The van der Waals surface area contributed by atoms with Crippen molar-refractivity contribution in [2.45, 2.75) is 82.2 Å². The summed E-state index contributed by atoms with van der Waals surface area (Å²) < 4.78 is 56.8. The molecule has 0 aromatic carbocycles. The van der Waals surface area contributed by atoms with Gasteiger partial charge in [0.2, 0.25) is 5.79 Å². The van der Waals surface area contributed by atoms with Crippen LogP contribution in [0.25, 0.3) is 0 Å². The van der Waals surface area contributed by atoms with Crippen molar-refractivity contribution in [3.8, 4) is 0 Å². The van der Waals surface area contributed by atoms with Gasteiger partial charge in [-0.2, -0.15) is 0 Å². The van der Waals surface area contributed by atoms with Crippen molar-refractivity contribution in [3.63, 3.8) is 0 Å². The molecule has 5 fully saturated rings. The van der Waals surface area contributed by atoms with Gasteiger partial charge in [0, 0.05) is 23.2 Å². The minimum atomic E-state index is -2.02. The van der Waals surface area contributed by atoms with Crippen molar-refractivity contribution >= 4 is 5.78 Å². The lowest BCUT2D eigenvalue weighted by atomic mass is 9.43. The van der Waals surface area contributed by atoms with Gasteiger partial charge < -0.3 is 24.1 Å². The topological polar surface area (TPSA) is 74.2 Å². The lowest BCUT2D eigenvalue weighted by Crippen LogP contribution is -2.72. The van der Waals surface area contributed by atoms with Gasteiger partial charge in [0.15, 0.2) is 19.4 Å². The maximum atomic E-state index is 17.3. The molecule has 2 saturated heterocycles. The monoisotopic (exact) mass is 454 g/mol. The molecule has 2 aliphatic heterocycles. The van der Waals surface area contributed by atoms with Crippen LogP contribution in [-0.4, -0.2) is 60.4 Å². The highest BCUT2D eigenvalue weighted by Gasteiger charge is 2.82. The highest BCUT2D eigenvalue weighted by Crippen LogP contribution is 2.74. The molecule has 6 aliphatic rings. The zero-order valence-corrected chi connectivity index (χ0v) is 18.9. The highest BCUT2D eigenvalue weighted by molar-refractivity contribution is 5.92. The molecule has 0 amide bonds. The lowest BCUT2D eigenvalue weighted by molar-refractivity contribution is -0.282. The minimum absolute atomic E-state index is 0.0377. The van der Waals surface area contributed by atoms with Gasteiger partial charge in [0.05, 0.1) is 6.10 Å². The number of rotatable bonds is 0. The van der Waals surface area contributed by atoms with Gasteiger partial charge in [-0.15, -0.1) is 0 Å². The highest BCUT2D eigenvalue weighted by atomic mass is 19.1. The zero-order chi connectivity index (χ0) is 22.7. The van der Waals surface area contributed by atoms with Crippen LogP contribution in [0.1, 0.15) is 52.9 Å². The number of hydrogen-bond donors (Lipinski definition) is 1. The number of ether oxygens (including phenoxy) is 4. The smallest absolute Gasteiger partial charge is 0.227 e. The van der Waals surface area contributed by atoms with Gasteiger partial charge in [0.1, 0.15) is 24.0 Å². The van der Waals surface area contributed by atoms with Crippen LogP contribution in [0.15, 0.2) is 11.6 Å². The second-order valence-electron chi connectivity index (χ2n) is 11.4. The Bertz CT molecular complexity index is 882. The predicted octanol–water partition coefficient (Wildman–Crippen LogP) is 3.22. The SMILES string of the molecule is C[C@H]1C[C@H]2[C@@H]3C[C@H](F)C4=CC(=O)CC[C@]4(C)[C@@]3(F)[C@@H](O)C[C@]2(C)[C@]12OCOC21COCO1. The van der Waals surface area contributed by atoms with E-state index in [1.807, 2.05) is 6.92 Å². The molecule has 1 N–H and O–H groups in total. The zero-order valence-electron chi connectivity index (χ0n) is 18.9. The van der Waals surface area contributed by atoms with Gasteiger partial charge in [-0.1, -0.05) is 20.8 Å². The Labute approximate surface area is 186 Å². The summed E-state index contributed by atoms with van der Waals surface area (Å²) in [6.45, 7) is 6.11. The van der Waals surface area contributed by atoms with Crippen LogP contribution in [-0.2, 0) is 23.7 Å². The van der Waals surface area contributed by atoms with Crippen LogP contribution in [0, 0.1) is 28.6 Å². The Morgan fingerprint density at radius 3 is 2.59 bits per heavy atom. The molecule has 2 heterocycles. The second kappa shape index (κ2) is 6.39. The van der Waals surface area contributed by atoms with E-state index in [4.69, 9.17) is 18.9 Å². The van der Waals surface area contributed by atoms with E-state index in [0.29, 0.717) is 6.42 Å². The average molecular weight is 455 g/mol. The van der Waals surface area contributed by atoms with E-state index >= 15 is 8.78 Å². The first-order valence-electron chi connectivity index (χ1n) is 11.8. The Morgan fingerprint density at radius 1 is 1.12 bits per heavy atom. The summed E-state index contributed by atoms with van der Waals surface area (Å²) in [4.78, 5) is 12.1. The van der Waals surface area contributed by atoms with E-state index in [1.54, 1.807) is 6.92 Å².